The first-order valence-electron chi connectivity index (χ1n) is 22.2. The number of aryl methyl sites for hydroxylation is 4. The SMILES string of the molecule is Cc1nn(C)c(C)c1-c1c(Cl)ccc2c(CCCOc3cccc4ccccc34)c(C(=O)O)n(CCC3CCN(C(=O)COc4cccc5c4CN(C4CCC(=O)NC4=O)C5=O)CC3)c12. The molecule has 0 spiro atoms. The van der Waals surface area contributed by atoms with Gasteiger partial charge in [-0.25, -0.2) is 4.79 Å². The number of carboxylic acids is 1. The van der Waals surface area contributed by atoms with Gasteiger partial charge in [0.1, 0.15) is 23.2 Å². The molecule has 0 saturated carbocycles. The number of hydrogen-bond donors (Lipinski definition) is 2. The van der Waals surface area contributed by atoms with Crippen LogP contribution >= 0.6 is 11.6 Å². The van der Waals surface area contributed by atoms with Crippen LogP contribution in [0.25, 0.3) is 32.8 Å². The molecular formula is C50H51ClN6O8. The van der Waals surface area contributed by atoms with Crippen LogP contribution in [0.1, 0.15) is 81.9 Å². The summed E-state index contributed by atoms with van der Waals surface area (Å²) >= 11 is 7.08. The van der Waals surface area contributed by atoms with E-state index in [4.69, 9.17) is 26.2 Å². The van der Waals surface area contributed by atoms with Crippen LogP contribution in [-0.4, -0.2) is 91.2 Å². The lowest BCUT2D eigenvalue weighted by Gasteiger charge is -2.32. The van der Waals surface area contributed by atoms with Gasteiger partial charge >= 0.3 is 5.97 Å². The molecule has 65 heavy (non-hydrogen) atoms. The molecule has 2 fully saturated rings. The van der Waals surface area contributed by atoms with Crippen molar-refractivity contribution in [2.75, 3.05) is 26.3 Å². The zero-order valence-corrected chi connectivity index (χ0v) is 37.5. The van der Waals surface area contributed by atoms with Gasteiger partial charge in [0.25, 0.3) is 11.8 Å². The number of halogens is 1. The van der Waals surface area contributed by atoms with Crippen molar-refractivity contribution in [2.24, 2.45) is 13.0 Å². The van der Waals surface area contributed by atoms with E-state index in [-0.39, 0.29) is 55.3 Å². The van der Waals surface area contributed by atoms with Gasteiger partial charge in [-0.3, -0.25) is 29.2 Å². The van der Waals surface area contributed by atoms with Gasteiger partial charge < -0.3 is 28.9 Å². The van der Waals surface area contributed by atoms with Gasteiger partial charge in [-0.05, 0) is 93.5 Å². The maximum absolute atomic E-state index is 13.5. The number of aromatic nitrogens is 3. The minimum Gasteiger partial charge on any atom is -0.493 e. The predicted octanol–water partition coefficient (Wildman–Crippen LogP) is 7.64. The molecule has 5 heterocycles. The van der Waals surface area contributed by atoms with Crippen LogP contribution in [0.3, 0.4) is 0 Å². The van der Waals surface area contributed by atoms with Crippen molar-refractivity contribution in [3.8, 4) is 22.6 Å². The number of fused-ring (bicyclic) bond motifs is 3. The van der Waals surface area contributed by atoms with E-state index >= 15 is 0 Å². The predicted molar refractivity (Wildman–Crippen MR) is 245 cm³/mol. The van der Waals surface area contributed by atoms with E-state index < -0.39 is 17.9 Å². The monoisotopic (exact) mass is 898 g/mol. The first kappa shape index (κ1) is 43.6. The number of carbonyl (C=O) groups is 5. The Morgan fingerprint density at radius 3 is 2.40 bits per heavy atom. The van der Waals surface area contributed by atoms with E-state index in [9.17, 15) is 29.1 Å². The smallest absolute Gasteiger partial charge is 0.352 e. The topological polar surface area (TPSA) is 165 Å². The number of carbonyl (C=O) groups excluding carboxylic acids is 4. The number of carboxylic acid groups (broad SMARTS) is 1. The minimum atomic E-state index is -1.01. The molecular weight excluding hydrogens is 848 g/mol. The first-order chi connectivity index (χ1) is 31.4. The molecule has 1 atom stereocenters. The summed E-state index contributed by atoms with van der Waals surface area (Å²) in [5.74, 6) is -0.906. The maximum Gasteiger partial charge on any atom is 0.352 e. The lowest BCUT2D eigenvalue weighted by Crippen LogP contribution is -2.52. The van der Waals surface area contributed by atoms with Crippen LogP contribution in [-0.2, 0) is 40.9 Å². The lowest BCUT2D eigenvalue weighted by molar-refractivity contribution is -0.137. The molecule has 4 amide bonds. The number of amides is 4. The molecule has 14 nitrogen and oxygen atoms in total. The third kappa shape index (κ3) is 8.31. The second-order valence-corrected chi connectivity index (χ2v) is 17.7. The molecule has 15 heteroatoms. The molecule has 0 radical (unpaired) electrons. The second-order valence-electron chi connectivity index (χ2n) is 17.3. The molecule has 0 aliphatic carbocycles. The normalized spacial score (nSPS) is 16.7. The Balaban J connectivity index is 0.894. The molecule has 9 rings (SSSR count). The summed E-state index contributed by atoms with van der Waals surface area (Å²) in [6, 6.07) is 22.2. The quantitative estimate of drug-likeness (QED) is 0.0826. The lowest BCUT2D eigenvalue weighted by atomic mass is 9.93. The number of nitrogens with zero attached hydrogens (tertiary/aromatic N) is 5. The third-order valence-electron chi connectivity index (χ3n) is 13.4. The van der Waals surface area contributed by atoms with Crippen molar-refractivity contribution in [3.63, 3.8) is 0 Å². The van der Waals surface area contributed by atoms with E-state index in [1.165, 1.54) is 4.90 Å². The highest BCUT2D eigenvalue weighted by atomic mass is 35.5. The first-order valence-corrected chi connectivity index (χ1v) is 22.6. The summed E-state index contributed by atoms with van der Waals surface area (Å²) in [5.41, 5.74) is 6.17. The zero-order valence-electron chi connectivity index (χ0n) is 36.7. The number of imide groups is 1. The Morgan fingerprint density at radius 1 is 0.892 bits per heavy atom. The van der Waals surface area contributed by atoms with E-state index in [1.807, 2.05) is 84.7 Å². The third-order valence-corrected chi connectivity index (χ3v) is 13.8. The standard InChI is InChI=1S/C50H51ClN6O8/c1-29-44(30(2)54(3)53-29)45-38(51)17-16-35-34(13-8-26-64-40-14-6-10-32-9-4-5-11-33(32)40)47(50(62)63)56(46(35)45)25-22-31-20-23-55(24-21-31)43(59)28-65-41-15-7-12-36-37(41)27-57(49(36)61)39-18-19-42(58)52-48(39)60/h4-7,9-12,14-17,31,39H,8,13,18-28H2,1-3H3,(H,62,63)(H,52,58,60). The maximum atomic E-state index is 13.5. The average molecular weight is 899 g/mol. The van der Waals surface area contributed by atoms with Crippen LogP contribution in [0.15, 0.2) is 72.8 Å². The number of aromatic carboxylic acids is 1. The summed E-state index contributed by atoms with van der Waals surface area (Å²) in [6.45, 7) is 5.75. The largest absolute Gasteiger partial charge is 0.493 e. The van der Waals surface area contributed by atoms with E-state index in [0.717, 1.165) is 68.3 Å². The van der Waals surface area contributed by atoms with E-state index in [1.54, 1.807) is 23.1 Å². The molecule has 4 aromatic carbocycles. The molecule has 0 bridgehead atoms. The number of nitrogens with one attached hydrogen (secondary N) is 1. The van der Waals surface area contributed by atoms with Gasteiger partial charge in [0.2, 0.25) is 11.8 Å². The van der Waals surface area contributed by atoms with Crippen molar-refractivity contribution in [1.82, 2.24) is 29.5 Å². The number of rotatable bonds is 14. The van der Waals surface area contributed by atoms with E-state index in [2.05, 4.69) is 5.32 Å². The van der Waals surface area contributed by atoms with Crippen LogP contribution in [0.5, 0.6) is 11.5 Å². The Kier molecular flexibility index (Phi) is 12.1. The highest BCUT2D eigenvalue weighted by Crippen LogP contribution is 2.43. The molecule has 1 unspecified atom stereocenters. The summed E-state index contributed by atoms with van der Waals surface area (Å²) in [4.78, 5) is 67.8. The van der Waals surface area contributed by atoms with Crippen LogP contribution in [0.2, 0.25) is 5.02 Å². The summed E-state index contributed by atoms with van der Waals surface area (Å²) < 4.78 is 16.1. The molecule has 2 N–H and O–H groups in total. The van der Waals surface area contributed by atoms with Gasteiger partial charge in [-0.15, -0.1) is 0 Å². The van der Waals surface area contributed by atoms with Crippen molar-refractivity contribution >= 4 is 62.9 Å². The molecule has 2 aromatic heterocycles. The molecule has 6 aromatic rings. The zero-order chi connectivity index (χ0) is 45.5. The van der Waals surface area contributed by atoms with E-state index in [0.29, 0.717) is 67.4 Å². The summed E-state index contributed by atoms with van der Waals surface area (Å²) in [5, 5.41) is 21.4. The highest BCUT2D eigenvalue weighted by Gasteiger charge is 2.40. The van der Waals surface area contributed by atoms with Crippen LogP contribution in [0.4, 0.5) is 0 Å². The fourth-order valence-electron chi connectivity index (χ4n) is 10.0. The Morgan fingerprint density at radius 2 is 1.65 bits per heavy atom. The second kappa shape index (κ2) is 18.1. The average Bonchev–Trinajstić information content (AvgIpc) is 3.90. The number of benzene rings is 4. The molecule has 3 aliphatic heterocycles. The van der Waals surface area contributed by atoms with Gasteiger partial charge in [-0.2, -0.15) is 5.10 Å². The number of likely N-dealkylation sites (tertiary alicyclic amines) is 1. The number of piperidine rings is 2. The van der Waals surface area contributed by atoms with Crippen LogP contribution < -0.4 is 14.8 Å². The Hall–Kier alpha value is -6.67. The fraction of sp³-hybridized carbons (Fsp3) is 0.360. The summed E-state index contributed by atoms with van der Waals surface area (Å²) in [6.07, 6.45) is 3.63. The van der Waals surface area contributed by atoms with Crippen molar-refractivity contribution in [3.05, 3.63) is 112 Å². The van der Waals surface area contributed by atoms with Crippen molar-refractivity contribution in [2.45, 2.75) is 77.9 Å². The van der Waals surface area contributed by atoms with Gasteiger partial charge in [-0.1, -0.05) is 60.1 Å². The molecule has 2 saturated heterocycles. The van der Waals surface area contributed by atoms with Gasteiger partial charge in [0.15, 0.2) is 6.61 Å². The van der Waals surface area contributed by atoms with Crippen molar-refractivity contribution < 1.29 is 38.6 Å². The Labute approximate surface area is 381 Å². The Bertz CT molecular complexity index is 2890. The van der Waals surface area contributed by atoms with Crippen LogP contribution in [0, 0.1) is 19.8 Å². The fourth-order valence-corrected chi connectivity index (χ4v) is 10.3. The number of hydrogen-bond acceptors (Lipinski definition) is 8. The highest BCUT2D eigenvalue weighted by molar-refractivity contribution is 6.35. The van der Waals surface area contributed by atoms with Gasteiger partial charge in [0.05, 0.1) is 29.4 Å². The molecule has 3 aliphatic rings. The van der Waals surface area contributed by atoms with Crippen molar-refractivity contribution in [1.29, 1.82) is 0 Å². The molecule has 336 valence electrons. The summed E-state index contributed by atoms with van der Waals surface area (Å²) in [7, 11) is 1.89. The van der Waals surface area contributed by atoms with Gasteiger partial charge in [0, 0.05) is 71.8 Å². The number of ether oxygens (including phenoxy) is 2. The minimum absolute atomic E-state index is 0.146.